The lowest BCUT2D eigenvalue weighted by atomic mass is 9.94. The summed E-state index contributed by atoms with van der Waals surface area (Å²) in [5, 5.41) is 6.40. The van der Waals surface area contributed by atoms with Crippen LogP contribution in [0.4, 0.5) is 0 Å². The van der Waals surface area contributed by atoms with Gasteiger partial charge in [0.2, 0.25) is 0 Å². The van der Waals surface area contributed by atoms with E-state index in [1.54, 1.807) is 11.3 Å². The molecule has 1 aromatic rings. The van der Waals surface area contributed by atoms with Crippen molar-refractivity contribution < 1.29 is 4.74 Å². The Kier molecular flexibility index (Phi) is 3.90. The molecular weight excluding hydrogens is 242 g/mol. The molecule has 0 bridgehead atoms. The minimum Gasteiger partial charge on any atom is -0.375 e. The quantitative estimate of drug-likeness (QED) is 0.898. The minimum absolute atomic E-state index is 0.0169. The van der Waals surface area contributed by atoms with Crippen molar-refractivity contribution >= 4 is 22.9 Å². The molecule has 1 aliphatic rings. The second-order valence-corrected chi connectivity index (χ2v) is 6.34. The molecule has 1 fully saturated rings. The molecule has 0 saturated carbocycles. The Morgan fingerprint density at radius 1 is 1.62 bits per heavy atom. The Bertz CT molecular complexity index is 351. The van der Waals surface area contributed by atoms with Crippen LogP contribution in [0.15, 0.2) is 11.4 Å². The number of hydrogen-bond donors (Lipinski definition) is 1. The van der Waals surface area contributed by atoms with Crippen LogP contribution in [0.1, 0.15) is 31.6 Å². The summed E-state index contributed by atoms with van der Waals surface area (Å²) in [4.78, 5) is 1.30. The zero-order valence-corrected chi connectivity index (χ0v) is 11.3. The van der Waals surface area contributed by atoms with E-state index >= 15 is 0 Å². The van der Waals surface area contributed by atoms with Crippen molar-refractivity contribution in [2.75, 3.05) is 6.61 Å². The summed E-state index contributed by atoms with van der Waals surface area (Å²) < 4.78 is 5.69. The lowest BCUT2D eigenvalue weighted by Gasteiger charge is -2.35. The summed E-state index contributed by atoms with van der Waals surface area (Å²) >= 11 is 7.60. The van der Waals surface area contributed by atoms with E-state index in [4.69, 9.17) is 16.3 Å². The summed E-state index contributed by atoms with van der Waals surface area (Å²) in [6.07, 6.45) is 2.18. The molecule has 1 atom stereocenters. The molecule has 0 spiro atoms. The standard InChI is InChI=1S/C12H18ClNOS/c1-12(2)6-10(3-4-15-12)14-7-11-5-9(13)8-16-11/h5,8,10,14H,3-4,6-7H2,1-2H3. The van der Waals surface area contributed by atoms with Gasteiger partial charge in [0.05, 0.1) is 10.6 Å². The van der Waals surface area contributed by atoms with Gasteiger partial charge >= 0.3 is 0 Å². The van der Waals surface area contributed by atoms with E-state index in [0.29, 0.717) is 6.04 Å². The average Bonchev–Trinajstić information content (AvgIpc) is 2.60. The molecule has 0 radical (unpaired) electrons. The van der Waals surface area contributed by atoms with Gasteiger partial charge in [0.1, 0.15) is 0 Å². The van der Waals surface area contributed by atoms with Crippen LogP contribution in [-0.4, -0.2) is 18.2 Å². The number of nitrogens with one attached hydrogen (secondary N) is 1. The van der Waals surface area contributed by atoms with Crippen LogP contribution in [0.2, 0.25) is 5.02 Å². The van der Waals surface area contributed by atoms with E-state index in [9.17, 15) is 0 Å². The van der Waals surface area contributed by atoms with Gasteiger partial charge in [0.15, 0.2) is 0 Å². The molecule has 0 amide bonds. The third kappa shape index (κ3) is 3.45. The number of ether oxygens (including phenoxy) is 1. The Morgan fingerprint density at radius 3 is 3.06 bits per heavy atom. The van der Waals surface area contributed by atoms with E-state index in [2.05, 4.69) is 19.2 Å². The topological polar surface area (TPSA) is 21.3 Å². The smallest absolute Gasteiger partial charge is 0.0641 e. The second-order valence-electron chi connectivity index (χ2n) is 4.91. The number of halogens is 1. The highest BCUT2D eigenvalue weighted by Gasteiger charge is 2.28. The molecule has 1 N–H and O–H groups in total. The van der Waals surface area contributed by atoms with Crippen molar-refractivity contribution in [3.05, 3.63) is 21.3 Å². The van der Waals surface area contributed by atoms with Crippen molar-refractivity contribution in [3.8, 4) is 0 Å². The molecule has 1 saturated heterocycles. The number of hydrogen-bond acceptors (Lipinski definition) is 3. The van der Waals surface area contributed by atoms with Crippen molar-refractivity contribution in [2.24, 2.45) is 0 Å². The van der Waals surface area contributed by atoms with Crippen LogP contribution >= 0.6 is 22.9 Å². The molecule has 1 aliphatic heterocycles. The monoisotopic (exact) mass is 259 g/mol. The normalized spacial score (nSPS) is 24.6. The van der Waals surface area contributed by atoms with Gasteiger partial charge in [-0.25, -0.2) is 0 Å². The van der Waals surface area contributed by atoms with Crippen LogP contribution in [0, 0.1) is 0 Å². The molecule has 2 heterocycles. The first-order chi connectivity index (χ1) is 7.55. The molecule has 1 aromatic heterocycles. The third-order valence-corrected chi connectivity index (χ3v) is 4.17. The number of thiophene rings is 1. The SMILES string of the molecule is CC1(C)CC(NCc2cc(Cl)cs2)CCO1. The average molecular weight is 260 g/mol. The lowest BCUT2D eigenvalue weighted by Crippen LogP contribution is -2.43. The van der Waals surface area contributed by atoms with E-state index in [1.165, 1.54) is 4.88 Å². The maximum absolute atomic E-state index is 5.89. The molecule has 4 heteroatoms. The van der Waals surface area contributed by atoms with Crippen LogP contribution in [0.5, 0.6) is 0 Å². The summed E-state index contributed by atoms with van der Waals surface area (Å²) in [7, 11) is 0. The molecular formula is C12H18ClNOS. The van der Waals surface area contributed by atoms with E-state index in [-0.39, 0.29) is 5.60 Å². The van der Waals surface area contributed by atoms with Crippen molar-refractivity contribution in [2.45, 2.75) is 44.9 Å². The van der Waals surface area contributed by atoms with Crippen LogP contribution in [0.3, 0.4) is 0 Å². The Labute approximate surface area is 106 Å². The Hall–Kier alpha value is -0.0900. The van der Waals surface area contributed by atoms with Gasteiger partial charge in [0.25, 0.3) is 0 Å². The molecule has 2 nitrogen and oxygen atoms in total. The summed E-state index contributed by atoms with van der Waals surface area (Å²) in [6.45, 7) is 6.08. The molecule has 1 unspecified atom stereocenters. The van der Waals surface area contributed by atoms with Gasteiger partial charge in [-0.2, -0.15) is 0 Å². The first kappa shape index (κ1) is 12.4. The number of rotatable bonds is 3. The zero-order chi connectivity index (χ0) is 11.6. The van der Waals surface area contributed by atoms with Crippen molar-refractivity contribution in [1.82, 2.24) is 5.32 Å². The first-order valence-electron chi connectivity index (χ1n) is 5.65. The van der Waals surface area contributed by atoms with Crippen LogP contribution in [-0.2, 0) is 11.3 Å². The van der Waals surface area contributed by atoms with E-state index in [1.807, 2.05) is 11.4 Å². The van der Waals surface area contributed by atoms with Crippen molar-refractivity contribution in [1.29, 1.82) is 0 Å². The molecule has 0 aliphatic carbocycles. The van der Waals surface area contributed by atoms with Gasteiger partial charge < -0.3 is 10.1 Å². The predicted octanol–water partition coefficient (Wildman–Crippen LogP) is 3.45. The highest BCUT2D eigenvalue weighted by molar-refractivity contribution is 7.10. The van der Waals surface area contributed by atoms with Crippen LogP contribution in [0.25, 0.3) is 0 Å². The van der Waals surface area contributed by atoms with E-state index < -0.39 is 0 Å². The fourth-order valence-corrected chi connectivity index (χ4v) is 3.12. The highest BCUT2D eigenvalue weighted by Crippen LogP contribution is 2.25. The van der Waals surface area contributed by atoms with Gasteiger partial charge in [-0.1, -0.05) is 11.6 Å². The van der Waals surface area contributed by atoms with Crippen molar-refractivity contribution in [3.63, 3.8) is 0 Å². The first-order valence-corrected chi connectivity index (χ1v) is 6.91. The second kappa shape index (κ2) is 5.05. The third-order valence-electron chi connectivity index (χ3n) is 2.88. The maximum atomic E-state index is 5.89. The predicted molar refractivity (Wildman–Crippen MR) is 69.2 cm³/mol. The maximum Gasteiger partial charge on any atom is 0.0641 e. The summed E-state index contributed by atoms with van der Waals surface area (Å²) in [6, 6.07) is 2.59. The highest BCUT2D eigenvalue weighted by atomic mass is 35.5. The lowest BCUT2D eigenvalue weighted by molar-refractivity contribution is -0.0630. The summed E-state index contributed by atoms with van der Waals surface area (Å²) in [5.74, 6) is 0. The molecule has 90 valence electrons. The van der Waals surface area contributed by atoms with Gasteiger partial charge in [-0.3, -0.25) is 0 Å². The minimum atomic E-state index is 0.0169. The fraction of sp³-hybridized carbons (Fsp3) is 0.667. The largest absolute Gasteiger partial charge is 0.375 e. The zero-order valence-electron chi connectivity index (χ0n) is 9.75. The molecule has 0 aromatic carbocycles. The van der Waals surface area contributed by atoms with Gasteiger partial charge in [-0.05, 0) is 32.8 Å². The van der Waals surface area contributed by atoms with Gasteiger partial charge in [0, 0.05) is 29.5 Å². The fourth-order valence-electron chi connectivity index (χ4n) is 2.10. The summed E-state index contributed by atoms with van der Waals surface area (Å²) in [5.41, 5.74) is 0.0169. The molecule has 16 heavy (non-hydrogen) atoms. The molecule has 2 rings (SSSR count). The van der Waals surface area contributed by atoms with Gasteiger partial charge in [-0.15, -0.1) is 11.3 Å². The van der Waals surface area contributed by atoms with Crippen LogP contribution < -0.4 is 5.32 Å². The Morgan fingerprint density at radius 2 is 2.44 bits per heavy atom. The van der Waals surface area contributed by atoms with E-state index in [0.717, 1.165) is 31.0 Å². The Balaban J connectivity index is 1.82.